The predicted molar refractivity (Wildman–Crippen MR) is 127 cm³/mol. The van der Waals surface area contributed by atoms with E-state index in [1.165, 1.54) is 0 Å². The molecule has 2 amide bonds. The van der Waals surface area contributed by atoms with Crippen molar-refractivity contribution in [3.63, 3.8) is 0 Å². The second kappa shape index (κ2) is 10.0. The number of carbonyl (C=O) groups excluding carboxylic acids is 1. The van der Waals surface area contributed by atoms with Crippen LogP contribution in [0.3, 0.4) is 0 Å². The first-order valence-corrected chi connectivity index (χ1v) is 11.1. The van der Waals surface area contributed by atoms with Crippen molar-refractivity contribution in [1.82, 2.24) is 15.2 Å². The van der Waals surface area contributed by atoms with Gasteiger partial charge in [0.15, 0.2) is 11.7 Å². The number of hydrogen-bond donors (Lipinski definition) is 1. The molecular formula is C24H27ClN4O4. The van der Waals surface area contributed by atoms with Gasteiger partial charge in [-0.05, 0) is 29.8 Å². The van der Waals surface area contributed by atoms with E-state index >= 15 is 0 Å². The Morgan fingerprint density at radius 2 is 1.85 bits per heavy atom. The summed E-state index contributed by atoms with van der Waals surface area (Å²) in [6.07, 6.45) is 1.70. The zero-order valence-electron chi connectivity index (χ0n) is 18.9. The zero-order valence-corrected chi connectivity index (χ0v) is 19.7. The summed E-state index contributed by atoms with van der Waals surface area (Å²) in [5, 5.41) is 3.49. The zero-order chi connectivity index (χ0) is 23.4. The quantitative estimate of drug-likeness (QED) is 0.576. The number of oxazole rings is 1. The third-order valence-electron chi connectivity index (χ3n) is 5.66. The number of methoxy groups -OCH3 is 2. The maximum atomic E-state index is 12.6. The van der Waals surface area contributed by atoms with Gasteiger partial charge in [-0.1, -0.05) is 17.7 Å². The number of aryl methyl sites for hydroxylation is 1. The monoisotopic (exact) mass is 470 g/mol. The molecule has 1 saturated heterocycles. The van der Waals surface area contributed by atoms with Crippen molar-refractivity contribution in [3.05, 3.63) is 59.1 Å². The molecule has 8 nitrogen and oxygen atoms in total. The summed E-state index contributed by atoms with van der Waals surface area (Å²) in [5.74, 6) is 2.63. The largest absolute Gasteiger partial charge is 0.496 e. The Morgan fingerprint density at radius 3 is 2.48 bits per heavy atom. The van der Waals surface area contributed by atoms with Gasteiger partial charge in [0.1, 0.15) is 11.5 Å². The number of aromatic nitrogens is 1. The second-order valence-electron chi connectivity index (χ2n) is 7.73. The number of urea groups is 1. The van der Waals surface area contributed by atoms with Crippen molar-refractivity contribution in [1.29, 1.82) is 0 Å². The Kier molecular flexibility index (Phi) is 6.93. The fraction of sp³-hybridized carbons (Fsp3) is 0.333. The molecule has 1 aliphatic rings. The molecule has 1 aliphatic heterocycles. The lowest BCUT2D eigenvalue weighted by Crippen LogP contribution is -2.51. The molecule has 0 radical (unpaired) electrons. The molecular weight excluding hydrogens is 444 g/mol. The van der Waals surface area contributed by atoms with Crippen molar-refractivity contribution in [2.75, 3.05) is 45.3 Å². The molecule has 2 heterocycles. The van der Waals surface area contributed by atoms with Gasteiger partial charge in [-0.15, -0.1) is 0 Å². The van der Waals surface area contributed by atoms with Gasteiger partial charge in [-0.25, -0.2) is 9.78 Å². The molecule has 33 heavy (non-hydrogen) atoms. The van der Waals surface area contributed by atoms with Crippen LogP contribution < -0.4 is 19.7 Å². The van der Waals surface area contributed by atoms with Crippen LogP contribution in [0.4, 0.5) is 10.5 Å². The molecule has 0 spiro atoms. The minimum Gasteiger partial charge on any atom is -0.496 e. The van der Waals surface area contributed by atoms with Crippen LogP contribution in [0.15, 0.2) is 47.0 Å². The average molecular weight is 471 g/mol. The third kappa shape index (κ3) is 5.17. The lowest BCUT2D eigenvalue weighted by Gasteiger charge is -2.36. The van der Waals surface area contributed by atoms with Crippen molar-refractivity contribution in [2.45, 2.75) is 13.5 Å². The van der Waals surface area contributed by atoms with Gasteiger partial charge in [0.2, 0.25) is 0 Å². The molecule has 2 aromatic carbocycles. The van der Waals surface area contributed by atoms with Crippen LogP contribution in [0, 0.1) is 6.92 Å². The molecule has 0 atom stereocenters. The summed E-state index contributed by atoms with van der Waals surface area (Å²) in [7, 11) is 3.22. The SMILES string of the molecule is COc1ccc(CNC(=O)N2CCN(c3ccc(-c4cnc(C)o4)c(OC)c3)CC2)cc1Cl. The van der Waals surface area contributed by atoms with Crippen molar-refractivity contribution in [3.8, 4) is 22.8 Å². The molecule has 1 N–H and O–H groups in total. The van der Waals surface area contributed by atoms with E-state index in [4.69, 9.17) is 25.5 Å². The number of nitrogens with zero attached hydrogens (tertiary/aromatic N) is 3. The number of halogens is 1. The van der Waals surface area contributed by atoms with Gasteiger partial charge in [-0.3, -0.25) is 0 Å². The van der Waals surface area contributed by atoms with Crippen LogP contribution >= 0.6 is 11.6 Å². The number of piperazine rings is 1. The highest BCUT2D eigenvalue weighted by Crippen LogP contribution is 2.34. The van der Waals surface area contributed by atoms with Gasteiger partial charge in [-0.2, -0.15) is 0 Å². The first-order valence-electron chi connectivity index (χ1n) is 10.7. The van der Waals surface area contributed by atoms with Gasteiger partial charge in [0.05, 0.1) is 31.0 Å². The highest BCUT2D eigenvalue weighted by molar-refractivity contribution is 6.32. The van der Waals surface area contributed by atoms with Crippen LogP contribution in [0.25, 0.3) is 11.3 Å². The summed E-state index contributed by atoms with van der Waals surface area (Å²) in [4.78, 5) is 20.9. The van der Waals surface area contributed by atoms with Crippen LogP contribution in [0.2, 0.25) is 5.02 Å². The number of benzene rings is 2. The van der Waals surface area contributed by atoms with Gasteiger partial charge in [0, 0.05) is 51.4 Å². The maximum absolute atomic E-state index is 12.6. The van der Waals surface area contributed by atoms with Gasteiger partial charge in [0.25, 0.3) is 0 Å². The van der Waals surface area contributed by atoms with E-state index in [9.17, 15) is 4.79 Å². The molecule has 0 aliphatic carbocycles. The van der Waals surface area contributed by atoms with E-state index in [2.05, 4.69) is 15.2 Å². The van der Waals surface area contributed by atoms with E-state index in [0.29, 0.717) is 42.1 Å². The minimum atomic E-state index is -0.0878. The number of nitrogens with one attached hydrogen (secondary N) is 1. The lowest BCUT2D eigenvalue weighted by atomic mass is 10.1. The van der Waals surface area contributed by atoms with Crippen molar-refractivity contribution >= 4 is 23.3 Å². The van der Waals surface area contributed by atoms with E-state index in [-0.39, 0.29) is 6.03 Å². The summed E-state index contributed by atoms with van der Waals surface area (Å²) in [5.41, 5.74) is 2.82. The molecule has 3 aromatic rings. The standard InChI is InChI=1S/C24H27ClN4O4/c1-16-26-15-23(33-16)19-6-5-18(13-22(19)32-3)28-8-10-29(11-9-28)24(30)27-14-17-4-7-21(31-2)20(25)12-17/h4-7,12-13,15H,8-11,14H2,1-3H3,(H,27,30). The fourth-order valence-electron chi connectivity index (χ4n) is 3.84. The number of amides is 2. The summed E-state index contributed by atoms with van der Waals surface area (Å²) in [6.45, 7) is 4.92. The van der Waals surface area contributed by atoms with Crippen molar-refractivity contribution < 1.29 is 18.7 Å². The first kappa shape index (κ1) is 22.8. The maximum Gasteiger partial charge on any atom is 0.317 e. The average Bonchev–Trinajstić information content (AvgIpc) is 3.28. The van der Waals surface area contributed by atoms with Gasteiger partial charge >= 0.3 is 6.03 Å². The Labute approximate surface area is 198 Å². The molecule has 4 rings (SSSR count). The van der Waals surface area contributed by atoms with Crippen LogP contribution in [0.5, 0.6) is 11.5 Å². The number of ether oxygens (including phenoxy) is 2. The molecule has 0 bridgehead atoms. The number of anilines is 1. The Balaban J connectivity index is 1.33. The molecule has 0 saturated carbocycles. The number of carbonyl (C=O) groups is 1. The third-order valence-corrected chi connectivity index (χ3v) is 5.96. The molecule has 0 unspecified atom stereocenters. The van der Waals surface area contributed by atoms with Crippen molar-refractivity contribution in [2.24, 2.45) is 0 Å². The van der Waals surface area contributed by atoms with E-state index in [1.54, 1.807) is 32.5 Å². The summed E-state index contributed by atoms with van der Waals surface area (Å²) >= 11 is 6.16. The smallest absolute Gasteiger partial charge is 0.317 e. The second-order valence-corrected chi connectivity index (χ2v) is 8.14. The van der Waals surface area contributed by atoms with Crippen LogP contribution in [-0.4, -0.2) is 56.3 Å². The number of hydrogen-bond acceptors (Lipinski definition) is 6. The Bertz CT molecular complexity index is 1130. The molecule has 1 aromatic heterocycles. The summed E-state index contributed by atoms with van der Waals surface area (Å²) < 4.78 is 16.4. The predicted octanol–water partition coefficient (Wildman–Crippen LogP) is 4.35. The fourth-order valence-corrected chi connectivity index (χ4v) is 4.12. The first-order chi connectivity index (χ1) is 16.0. The van der Waals surface area contributed by atoms with Gasteiger partial charge < -0.3 is 29.0 Å². The molecule has 174 valence electrons. The minimum absolute atomic E-state index is 0.0878. The highest BCUT2D eigenvalue weighted by atomic mass is 35.5. The lowest BCUT2D eigenvalue weighted by molar-refractivity contribution is 0.194. The Hall–Kier alpha value is -3.39. The number of rotatable bonds is 6. The van der Waals surface area contributed by atoms with E-state index in [1.807, 2.05) is 36.1 Å². The topological polar surface area (TPSA) is 80.1 Å². The Morgan fingerprint density at radius 1 is 1.09 bits per heavy atom. The molecule has 9 heteroatoms. The van der Waals surface area contributed by atoms with E-state index < -0.39 is 0 Å². The highest BCUT2D eigenvalue weighted by Gasteiger charge is 2.22. The summed E-state index contributed by atoms with van der Waals surface area (Å²) in [6, 6.07) is 11.4. The van der Waals surface area contributed by atoms with Crippen LogP contribution in [-0.2, 0) is 6.54 Å². The van der Waals surface area contributed by atoms with E-state index in [0.717, 1.165) is 35.7 Å². The van der Waals surface area contributed by atoms with Crippen LogP contribution in [0.1, 0.15) is 11.5 Å². The normalized spacial score (nSPS) is 13.7. The molecule has 1 fully saturated rings.